The van der Waals surface area contributed by atoms with Crippen LogP contribution in [0.4, 0.5) is 0 Å². The maximum absolute atomic E-state index is 10.8. The van der Waals surface area contributed by atoms with E-state index in [-0.39, 0.29) is 5.92 Å². The van der Waals surface area contributed by atoms with Crippen LogP contribution in [0.1, 0.15) is 30.7 Å². The number of carbonyl (C=O) groups is 1. The van der Waals surface area contributed by atoms with Crippen LogP contribution < -0.4 is 0 Å². The fourth-order valence-electron chi connectivity index (χ4n) is 2.14. The topological polar surface area (TPSA) is 50.2 Å². The molecule has 2 rings (SSSR count). The van der Waals surface area contributed by atoms with Gasteiger partial charge in [0.05, 0.1) is 5.92 Å². The Balaban J connectivity index is 2.06. The second-order valence-electron chi connectivity index (χ2n) is 3.83. The molecule has 1 fully saturated rings. The number of rotatable bonds is 2. The average Bonchev–Trinajstić information content (AvgIpc) is 2.68. The third-order valence-electron chi connectivity index (χ3n) is 2.96. The SMILES string of the molecule is O=C(O)C1CCC(c2ccncc2)C1. The molecule has 0 saturated heterocycles. The number of carboxylic acids is 1. The molecule has 0 bridgehead atoms. The molecule has 1 aliphatic carbocycles. The second kappa shape index (κ2) is 3.78. The molecule has 2 atom stereocenters. The molecule has 0 radical (unpaired) electrons. The Morgan fingerprint density at radius 2 is 2.07 bits per heavy atom. The minimum Gasteiger partial charge on any atom is -0.481 e. The maximum Gasteiger partial charge on any atom is 0.306 e. The van der Waals surface area contributed by atoms with E-state index in [1.807, 2.05) is 12.1 Å². The third kappa shape index (κ3) is 1.76. The molecule has 3 heteroatoms. The number of hydrogen-bond acceptors (Lipinski definition) is 2. The summed E-state index contributed by atoms with van der Waals surface area (Å²) < 4.78 is 0. The molecule has 74 valence electrons. The molecule has 2 unspecified atom stereocenters. The molecule has 0 spiro atoms. The molecule has 1 aromatic rings. The highest BCUT2D eigenvalue weighted by Crippen LogP contribution is 2.37. The summed E-state index contributed by atoms with van der Waals surface area (Å²) in [4.78, 5) is 14.7. The predicted octanol–water partition coefficient (Wildman–Crippen LogP) is 2.05. The number of aromatic nitrogens is 1. The van der Waals surface area contributed by atoms with Gasteiger partial charge in [-0.15, -0.1) is 0 Å². The quantitative estimate of drug-likeness (QED) is 0.778. The van der Waals surface area contributed by atoms with Gasteiger partial charge in [-0.3, -0.25) is 9.78 Å². The zero-order chi connectivity index (χ0) is 9.97. The lowest BCUT2D eigenvalue weighted by molar-refractivity contribution is -0.141. The normalized spacial score (nSPS) is 26.3. The molecule has 14 heavy (non-hydrogen) atoms. The van der Waals surface area contributed by atoms with Gasteiger partial charge in [-0.25, -0.2) is 0 Å². The lowest BCUT2D eigenvalue weighted by atomic mass is 9.97. The van der Waals surface area contributed by atoms with Crippen LogP contribution in [0, 0.1) is 5.92 Å². The van der Waals surface area contributed by atoms with Crippen molar-refractivity contribution in [2.75, 3.05) is 0 Å². The number of hydrogen-bond donors (Lipinski definition) is 1. The Labute approximate surface area is 82.8 Å². The van der Waals surface area contributed by atoms with Crippen LogP contribution in [0.25, 0.3) is 0 Å². The molecule has 1 N–H and O–H groups in total. The largest absolute Gasteiger partial charge is 0.481 e. The first-order chi connectivity index (χ1) is 6.77. The molecule has 1 aromatic heterocycles. The van der Waals surface area contributed by atoms with E-state index in [0.29, 0.717) is 5.92 Å². The number of aliphatic carboxylic acids is 1. The van der Waals surface area contributed by atoms with Crippen LogP contribution in [-0.4, -0.2) is 16.1 Å². The molecule has 0 amide bonds. The first kappa shape index (κ1) is 9.19. The van der Waals surface area contributed by atoms with Crippen molar-refractivity contribution in [2.45, 2.75) is 25.2 Å². The smallest absolute Gasteiger partial charge is 0.306 e. The Morgan fingerprint density at radius 1 is 1.36 bits per heavy atom. The lowest BCUT2D eigenvalue weighted by Gasteiger charge is -2.08. The molecule has 1 saturated carbocycles. The van der Waals surface area contributed by atoms with Crippen molar-refractivity contribution >= 4 is 5.97 Å². The summed E-state index contributed by atoms with van der Waals surface area (Å²) in [5, 5.41) is 8.87. The molecule has 3 nitrogen and oxygen atoms in total. The van der Waals surface area contributed by atoms with Crippen molar-refractivity contribution in [1.82, 2.24) is 4.98 Å². The standard InChI is InChI=1S/C11H13NO2/c13-11(14)10-2-1-9(7-10)8-3-5-12-6-4-8/h3-6,9-10H,1-2,7H2,(H,13,14). The Bertz CT molecular complexity index is 323. The van der Waals surface area contributed by atoms with Gasteiger partial charge >= 0.3 is 5.97 Å². The Hall–Kier alpha value is -1.38. The van der Waals surface area contributed by atoms with E-state index >= 15 is 0 Å². The summed E-state index contributed by atoms with van der Waals surface area (Å²) in [6, 6.07) is 3.96. The van der Waals surface area contributed by atoms with Crippen LogP contribution in [0.3, 0.4) is 0 Å². The number of carboxylic acid groups (broad SMARTS) is 1. The lowest BCUT2D eigenvalue weighted by Crippen LogP contribution is -2.09. The summed E-state index contributed by atoms with van der Waals surface area (Å²) >= 11 is 0. The highest BCUT2D eigenvalue weighted by Gasteiger charge is 2.30. The first-order valence-electron chi connectivity index (χ1n) is 4.90. The minimum atomic E-state index is -0.651. The van der Waals surface area contributed by atoms with E-state index in [9.17, 15) is 4.79 Å². The van der Waals surface area contributed by atoms with Gasteiger partial charge < -0.3 is 5.11 Å². The van der Waals surface area contributed by atoms with Gasteiger partial charge in [-0.1, -0.05) is 0 Å². The first-order valence-corrected chi connectivity index (χ1v) is 4.90. The van der Waals surface area contributed by atoms with E-state index in [1.54, 1.807) is 12.4 Å². The van der Waals surface area contributed by atoms with Crippen LogP contribution >= 0.6 is 0 Å². The molecule has 1 heterocycles. The fourth-order valence-corrected chi connectivity index (χ4v) is 2.14. The highest BCUT2D eigenvalue weighted by atomic mass is 16.4. The van der Waals surface area contributed by atoms with Crippen molar-refractivity contribution in [1.29, 1.82) is 0 Å². The molecule has 0 aromatic carbocycles. The van der Waals surface area contributed by atoms with Crippen molar-refractivity contribution < 1.29 is 9.90 Å². The average molecular weight is 191 g/mol. The van der Waals surface area contributed by atoms with Crippen LogP contribution in [-0.2, 0) is 4.79 Å². The van der Waals surface area contributed by atoms with Crippen LogP contribution in [0.15, 0.2) is 24.5 Å². The third-order valence-corrected chi connectivity index (χ3v) is 2.96. The zero-order valence-electron chi connectivity index (χ0n) is 7.89. The summed E-state index contributed by atoms with van der Waals surface area (Å²) in [5.41, 5.74) is 1.23. The van der Waals surface area contributed by atoms with Gasteiger partial charge in [0.2, 0.25) is 0 Å². The van der Waals surface area contributed by atoms with Gasteiger partial charge in [0, 0.05) is 12.4 Å². The molecule has 0 aliphatic heterocycles. The van der Waals surface area contributed by atoms with Gasteiger partial charge in [0.25, 0.3) is 0 Å². The summed E-state index contributed by atoms with van der Waals surface area (Å²) in [7, 11) is 0. The Kier molecular flexibility index (Phi) is 2.48. The predicted molar refractivity (Wildman–Crippen MR) is 52.0 cm³/mol. The van der Waals surface area contributed by atoms with Gasteiger partial charge in [-0.2, -0.15) is 0 Å². The van der Waals surface area contributed by atoms with Gasteiger partial charge in [0.15, 0.2) is 0 Å². The van der Waals surface area contributed by atoms with Gasteiger partial charge in [-0.05, 0) is 42.9 Å². The minimum absolute atomic E-state index is 0.145. The van der Waals surface area contributed by atoms with E-state index in [1.165, 1.54) is 5.56 Å². The summed E-state index contributed by atoms with van der Waals surface area (Å²) in [6.07, 6.45) is 6.11. The fraction of sp³-hybridized carbons (Fsp3) is 0.455. The van der Waals surface area contributed by atoms with Crippen LogP contribution in [0.5, 0.6) is 0 Å². The monoisotopic (exact) mass is 191 g/mol. The van der Waals surface area contributed by atoms with E-state index in [4.69, 9.17) is 5.11 Å². The second-order valence-corrected chi connectivity index (χ2v) is 3.83. The summed E-state index contributed by atoms with van der Waals surface area (Å²) in [6.45, 7) is 0. The molecular weight excluding hydrogens is 178 g/mol. The number of pyridine rings is 1. The van der Waals surface area contributed by atoms with E-state index in [2.05, 4.69) is 4.98 Å². The zero-order valence-corrected chi connectivity index (χ0v) is 7.89. The van der Waals surface area contributed by atoms with Crippen molar-refractivity contribution in [3.8, 4) is 0 Å². The van der Waals surface area contributed by atoms with E-state index < -0.39 is 5.97 Å². The Morgan fingerprint density at radius 3 is 2.64 bits per heavy atom. The van der Waals surface area contributed by atoms with Gasteiger partial charge in [0.1, 0.15) is 0 Å². The molecule has 1 aliphatic rings. The van der Waals surface area contributed by atoms with Crippen molar-refractivity contribution in [3.63, 3.8) is 0 Å². The maximum atomic E-state index is 10.8. The molecular formula is C11H13NO2. The van der Waals surface area contributed by atoms with Crippen LogP contribution in [0.2, 0.25) is 0 Å². The summed E-state index contributed by atoms with van der Waals surface area (Å²) in [5.74, 6) is -0.381. The highest BCUT2D eigenvalue weighted by molar-refractivity contribution is 5.70. The van der Waals surface area contributed by atoms with Crippen molar-refractivity contribution in [3.05, 3.63) is 30.1 Å². The van der Waals surface area contributed by atoms with E-state index in [0.717, 1.165) is 19.3 Å². The van der Waals surface area contributed by atoms with Crippen molar-refractivity contribution in [2.24, 2.45) is 5.92 Å². The number of nitrogens with zero attached hydrogens (tertiary/aromatic N) is 1.